The first-order valence-corrected chi connectivity index (χ1v) is 10.0. The molecule has 0 heterocycles. The van der Waals surface area contributed by atoms with Gasteiger partial charge in [0, 0.05) is 5.39 Å². The summed E-state index contributed by atoms with van der Waals surface area (Å²) in [7, 11) is -4.32. The van der Waals surface area contributed by atoms with E-state index in [1.807, 2.05) is 24.3 Å². The molecular formula is C20H19N2NaO4S. The van der Waals surface area contributed by atoms with Gasteiger partial charge in [0.05, 0.1) is 16.3 Å². The van der Waals surface area contributed by atoms with Crippen molar-refractivity contribution in [1.82, 2.24) is 0 Å². The van der Waals surface area contributed by atoms with Crippen molar-refractivity contribution >= 4 is 32.3 Å². The van der Waals surface area contributed by atoms with Crippen LogP contribution in [0.4, 0.5) is 11.4 Å². The van der Waals surface area contributed by atoms with Crippen molar-refractivity contribution < 1.29 is 47.6 Å². The van der Waals surface area contributed by atoms with Crippen LogP contribution in [0.3, 0.4) is 0 Å². The molecule has 28 heavy (non-hydrogen) atoms. The molecule has 0 aliphatic carbocycles. The van der Waals surface area contributed by atoms with E-state index in [4.69, 9.17) is 4.55 Å². The van der Waals surface area contributed by atoms with Gasteiger partial charge < -0.3 is 5.11 Å². The van der Waals surface area contributed by atoms with Crippen LogP contribution in [-0.2, 0) is 16.5 Å². The van der Waals surface area contributed by atoms with Crippen LogP contribution in [0.25, 0.3) is 10.8 Å². The Bertz CT molecular complexity index is 1100. The van der Waals surface area contributed by atoms with E-state index in [9.17, 15) is 13.5 Å². The van der Waals surface area contributed by atoms with Gasteiger partial charge in [0.2, 0.25) is 0 Å². The summed E-state index contributed by atoms with van der Waals surface area (Å²) in [4.78, 5) is -0.237. The van der Waals surface area contributed by atoms with E-state index in [2.05, 4.69) is 17.2 Å². The van der Waals surface area contributed by atoms with Gasteiger partial charge in [-0.1, -0.05) is 49.4 Å². The zero-order chi connectivity index (χ0) is 19.4. The van der Waals surface area contributed by atoms with Gasteiger partial charge in [-0.15, -0.1) is 0 Å². The van der Waals surface area contributed by atoms with E-state index in [-0.39, 0.29) is 45.9 Å². The summed E-state index contributed by atoms with van der Waals surface area (Å²) in [6.45, 7) is 2.15. The molecule has 0 fully saturated rings. The van der Waals surface area contributed by atoms with E-state index in [1.165, 1.54) is 35.9 Å². The van der Waals surface area contributed by atoms with Crippen molar-refractivity contribution in [3.63, 3.8) is 0 Å². The number of azo groups is 1. The third-order valence-corrected chi connectivity index (χ3v) is 5.09. The quantitative estimate of drug-likeness (QED) is 0.384. The van der Waals surface area contributed by atoms with E-state index < -0.39 is 10.1 Å². The third-order valence-electron chi connectivity index (χ3n) is 4.24. The molecule has 1 N–H and O–H groups in total. The standard InChI is InChI=1S/C20H20N2O4S.Na/c1-2-3-4-14-5-8-16(9-6-14)21-22-20-18-11-10-17(27(24,25)26)13-15(18)7-12-19(20)23;/h5-13,23H,2-4H2,1H3,(H,24,25,26);/q;+1/p-1. The molecule has 0 aromatic heterocycles. The molecule has 0 atom stereocenters. The maximum absolute atomic E-state index is 12.2. The van der Waals surface area contributed by atoms with Gasteiger partial charge >= 0.3 is 29.6 Å². The van der Waals surface area contributed by atoms with E-state index in [0.717, 1.165) is 19.3 Å². The van der Waals surface area contributed by atoms with Gasteiger partial charge in [0.15, 0.2) is 0 Å². The van der Waals surface area contributed by atoms with Crippen LogP contribution < -0.4 is 34.7 Å². The van der Waals surface area contributed by atoms with Gasteiger partial charge in [0.1, 0.15) is 0 Å². The molecule has 0 amide bonds. The number of aryl methyl sites for hydroxylation is 1. The van der Waals surface area contributed by atoms with Gasteiger partial charge in [-0.05, 0) is 48.1 Å². The van der Waals surface area contributed by atoms with Crippen LogP contribution in [0, 0.1) is 0 Å². The predicted octanol–water partition coefficient (Wildman–Crippen LogP) is 1.92. The van der Waals surface area contributed by atoms with Crippen molar-refractivity contribution in [1.29, 1.82) is 0 Å². The predicted molar refractivity (Wildman–Crippen MR) is 102 cm³/mol. The fraction of sp³-hybridized carbons (Fsp3) is 0.200. The number of unbranched alkanes of at least 4 members (excludes halogenated alkanes) is 1. The van der Waals surface area contributed by atoms with E-state index in [0.29, 0.717) is 16.5 Å². The van der Waals surface area contributed by atoms with Gasteiger partial charge in [0.25, 0.3) is 10.1 Å². The van der Waals surface area contributed by atoms with E-state index >= 15 is 0 Å². The zero-order valence-electron chi connectivity index (χ0n) is 15.8. The first kappa shape index (κ1) is 22.5. The summed E-state index contributed by atoms with van der Waals surface area (Å²) in [5.74, 6) is -0.314. The SMILES string of the molecule is CCCCc1ccc(N=Nc2c([O-])ccc3cc(S(=O)(=O)O)ccc23)cc1.[Na+]. The Hall–Kier alpha value is -1.77. The Morgan fingerprint density at radius 3 is 2.36 bits per heavy atom. The van der Waals surface area contributed by atoms with Crippen molar-refractivity contribution in [3.05, 3.63) is 60.2 Å². The topological polar surface area (TPSA) is 102 Å². The molecule has 3 aromatic rings. The average Bonchev–Trinajstić information content (AvgIpc) is 2.65. The molecule has 140 valence electrons. The molecule has 0 aliphatic heterocycles. The van der Waals surface area contributed by atoms with Gasteiger partial charge in [-0.3, -0.25) is 4.55 Å². The maximum atomic E-state index is 12.2. The minimum Gasteiger partial charge on any atom is -0.871 e. The molecule has 0 aliphatic rings. The summed E-state index contributed by atoms with van der Waals surface area (Å²) in [5, 5.41) is 21.4. The normalized spacial score (nSPS) is 11.6. The summed E-state index contributed by atoms with van der Waals surface area (Å²) in [6.07, 6.45) is 3.27. The van der Waals surface area contributed by atoms with Crippen LogP contribution in [0.5, 0.6) is 5.75 Å². The number of fused-ring (bicyclic) bond motifs is 1. The molecular weight excluding hydrogens is 387 g/mol. The summed E-state index contributed by atoms with van der Waals surface area (Å²) >= 11 is 0. The molecule has 0 spiro atoms. The van der Waals surface area contributed by atoms with Crippen LogP contribution in [0.2, 0.25) is 0 Å². The van der Waals surface area contributed by atoms with Crippen molar-refractivity contribution in [2.24, 2.45) is 10.2 Å². The molecule has 3 rings (SSSR count). The smallest absolute Gasteiger partial charge is 0.871 e. The van der Waals surface area contributed by atoms with Crippen LogP contribution in [-0.4, -0.2) is 13.0 Å². The summed E-state index contributed by atoms with van der Waals surface area (Å²) in [5.41, 5.74) is 1.98. The number of rotatable bonds is 6. The molecule has 0 unspecified atom stereocenters. The second-order valence-electron chi connectivity index (χ2n) is 6.24. The Balaban J connectivity index is 0.00000280. The first-order valence-electron chi connectivity index (χ1n) is 8.60. The second-order valence-corrected chi connectivity index (χ2v) is 7.66. The maximum Gasteiger partial charge on any atom is 1.00 e. The number of nitrogens with zero attached hydrogens (tertiary/aromatic N) is 2. The molecule has 8 heteroatoms. The molecule has 0 saturated heterocycles. The van der Waals surface area contributed by atoms with Crippen molar-refractivity contribution in [2.75, 3.05) is 0 Å². The Labute approximate surface area is 186 Å². The Morgan fingerprint density at radius 2 is 1.71 bits per heavy atom. The zero-order valence-corrected chi connectivity index (χ0v) is 18.6. The van der Waals surface area contributed by atoms with Crippen molar-refractivity contribution in [2.45, 2.75) is 31.1 Å². The fourth-order valence-electron chi connectivity index (χ4n) is 2.75. The van der Waals surface area contributed by atoms with Gasteiger partial charge in [-0.25, -0.2) is 0 Å². The fourth-order valence-corrected chi connectivity index (χ4v) is 3.27. The Morgan fingerprint density at radius 1 is 1.00 bits per heavy atom. The number of hydrogen-bond donors (Lipinski definition) is 1. The van der Waals surface area contributed by atoms with Crippen LogP contribution in [0.15, 0.2) is 69.7 Å². The van der Waals surface area contributed by atoms with Gasteiger partial charge in [-0.2, -0.15) is 18.6 Å². The molecule has 0 saturated carbocycles. The van der Waals surface area contributed by atoms with Crippen LogP contribution in [0.1, 0.15) is 25.3 Å². The monoisotopic (exact) mass is 406 g/mol. The largest absolute Gasteiger partial charge is 1.00 e. The number of benzene rings is 3. The van der Waals surface area contributed by atoms with E-state index in [1.54, 1.807) is 0 Å². The minimum atomic E-state index is -4.32. The molecule has 6 nitrogen and oxygen atoms in total. The third kappa shape index (κ3) is 5.40. The molecule has 0 radical (unpaired) electrons. The summed E-state index contributed by atoms with van der Waals surface area (Å²) < 4.78 is 31.7. The van der Waals surface area contributed by atoms with Crippen molar-refractivity contribution in [3.8, 4) is 5.75 Å². The summed E-state index contributed by atoms with van der Waals surface area (Å²) in [6, 6.07) is 14.5. The Kier molecular flexibility index (Phi) is 7.74. The number of hydrogen-bond acceptors (Lipinski definition) is 5. The minimum absolute atomic E-state index is 0. The van der Waals surface area contributed by atoms with Crippen LogP contribution >= 0.6 is 0 Å². The molecule has 0 bridgehead atoms. The average molecular weight is 406 g/mol. The molecule has 3 aromatic carbocycles. The second kappa shape index (κ2) is 9.62. The first-order chi connectivity index (χ1) is 12.9.